The molecular weight excluding hydrogens is 220 g/mol. The highest BCUT2D eigenvalue weighted by Gasteiger charge is 1.89. The highest BCUT2D eigenvalue weighted by atomic mass is 16.5. The van der Waals surface area contributed by atoms with E-state index in [0.717, 1.165) is 0 Å². The SMILES string of the molecule is CC.CC.NCCOCCOCCOCCN. The zero-order valence-corrected chi connectivity index (χ0v) is 12.0. The van der Waals surface area contributed by atoms with E-state index in [1.54, 1.807) is 0 Å². The third kappa shape index (κ3) is 31.3. The summed E-state index contributed by atoms with van der Waals surface area (Å²) >= 11 is 0. The van der Waals surface area contributed by atoms with Crippen molar-refractivity contribution >= 4 is 0 Å². The van der Waals surface area contributed by atoms with Crippen LogP contribution >= 0.6 is 0 Å². The molecule has 0 aromatic rings. The summed E-state index contributed by atoms with van der Waals surface area (Å²) in [6.45, 7) is 12.7. The van der Waals surface area contributed by atoms with E-state index in [-0.39, 0.29) is 0 Å². The molecule has 0 bridgehead atoms. The Hall–Kier alpha value is -0.200. The van der Waals surface area contributed by atoms with Crippen molar-refractivity contribution in [3.05, 3.63) is 0 Å². The van der Waals surface area contributed by atoms with Crippen LogP contribution in [0.4, 0.5) is 0 Å². The van der Waals surface area contributed by atoms with Crippen molar-refractivity contribution in [3.8, 4) is 0 Å². The van der Waals surface area contributed by atoms with Crippen molar-refractivity contribution in [3.63, 3.8) is 0 Å². The molecule has 0 heterocycles. The molecule has 0 aliphatic carbocycles. The summed E-state index contributed by atoms with van der Waals surface area (Å²) in [6, 6.07) is 0. The lowest BCUT2D eigenvalue weighted by Crippen LogP contribution is -2.15. The Bertz CT molecular complexity index is 85.8. The van der Waals surface area contributed by atoms with Crippen molar-refractivity contribution < 1.29 is 14.2 Å². The fraction of sp³-hybridized carbons (Fsp3) is 1.00. The Morgan fingerprint density at radius 2 is 0.765 bits per heavy atom. The summed E-state index contributed by atoms with van der Waals surface area (Å²) < 4.78 is 15.4. The van der Waals surface area contributed by atoms with Crippen LogP contribution in [0.5, 0.6) is 0 Å². The zero-order chi connectivity index (χ0) is 13.8. The van der Waals surface area contributed by atoms with E-state index in [9.17, 15) is 0 Å². The highest BCUT2D eigenvalue weighted by molar-refractivity contribution is 4.35. The van der Waals surface area contributed by atoms with Crippen LogP contribution in [-0.2, 0) is 14.2 Å². The maximum Gasteiger partial charge on any atom is 0.0701 e. The number of nitrogens with two attached hydrogens (primary N) is 2. The lowest BCUT2D eigenvalue weighted by Gasteiger charge is -2.05. The van der Waals surface area contributed by atoms with Crippen LogP contribution in [-0.4, -0.2) is 52.7 Å². The molecule has 108 valence electrons. The summed E-state index contributed by atoms with van der Waals surface area (Å²) in [5, 5.41) is 0. The smallest absolute Gasteiger partial charge is 0.0701 e. The quantitative estimate of drug-likeness (QED) is 0.567. The molecular formula is C12H32N2O3. The first-order chi connectivity index (χ1) is 8.41. The fourth-order valence-electron chi connectivity index (χ4n) is 0.709. The predicted molar refractivity (Wildman–Crippen MR) is 73.3 cm³/mol. The first-order valence-corrected chi connectivity index (χ1v) is 6.55. The van der Waals surface area contributed by atoms with Gasteiger partial charge in [-0.1, -0.05) is 27.7 Å². The van der Waals surface area contributed by atoms with Crippen LogP contribution in [0.3, 0.4) is 0 Å². The van der Waals surface area contributed by atoms with Gasteiger partial charge >= 0.3 is 0 Å². The van der Waals surface area contributed by atoms with Crippen molar-refractivity contribution in [2.24, 2.45) is 11.5 Å². The third-order valence-electron chi connectivity index (χ3n) is 1.27. The van der Waals surface area contributed by atoms with E-state index in [4.69, 9.17) is 25.7 Å². The van der Waals surface area contributed by atoms with Gasteiger partial charge in [0.15, 0.2) is 0 Å². The van der Waals surface area contributed by atoms with Crippen LogP contribution < -0.4 is 11.5 Å². The molecule has 0 aromatic carbocycles. The Morgan fingerprint density at radius 3 is 1.00 bits per heavy atom. The number of ether oxygens (including phenoxy) is 3. The Kier molecular flexibility index (Phi) is 38.4. The van der Waals surface area contributed by atoms with Gasteiger partial charge in [0.1, 0.15) is 0 Å². The van der Waals surface area contributed by atoms with Gasteiger partial charge in [-0.3, -0.25) is 0 Å². The molecule has 0 spiro atoms. The van der Waals surface area contributed by atoms with Gasteiger partial charge in [0.05, 0.1) is 39.6 Å². The summed E-state index contributed by atoms with van der Waals surface area (Å²) in [5.41, 5.74) is 10.5. The van der Waals surface area contributed by atoms with E-state index in [1.807, 2.05) is 27.7 Å². The number of rotatable bonds is 10. The molecule has 0 unspecified atom stereocenters. The monoisotopic (exact) mass is 252 g/mol. The van der Waals surface area contributed by atoms with Gasteiger partial charge in [-0.25, -0.2) is 0 Å². The maximum atomic E-state index is 5.23. The maximum absolute atomic E-state index is 5.23. The molecule has 0 saturated carbocycles. The minimum absolute atomic E-state index is 0.555. The van der Waals surface area contributed by atoms with Gasteiger partial charge in [-0.15, -0.1) is 0 Å². The van der Waals surface area contributed by atoms with Crippen LogP contribution in [0.2, 0.25) is 0 Å². The van der Waals surface area contributed by atoms with E-state index in [2.05, 4.69) is 0 Å². The molecule has 4 N–H and O–H groups in total. The zero-order valence-electron chi connectivity index (χ0n) is 12.0. The van der Waals surface area contributed by atoms with E-state index in [0.29, 0.717) is 52.7 Å². The predicted octanol–water partition coefficient (Wildman–Crippen LogP) is 1.01. The standard InChI is InChI=1S/C8H20N2O3.2C2H6/c9-1-3-11-5-7-13-8-6-12-4-2-10;2*1-2/h1-10H2;2*1-2H3. The molecule has 5 heteroatoms. The highest BCUT2D eigenvalue weighted by Crippen LogP contribution is 1.79. The molecule has 0 amide bonds. The minimum Gasteiger partial charge on any atom is -0.378 e. The molecule has 0 rings (SSSR count). The molecule has 0 aliphatic rings. The molecule has 0 saturated heterocycles. The molecule has 0 aromatic heterocycles. The summed E-state index contributed by atoms with van der Waals surface area (Å²) in [6.07, 6.45) is 0. The molecule has 0 radical (unpaired) electrons. The van der Waals surface area contributed by atoms with Crippen molar-refractivity contribution in [1.82, 2.24) is 0 Å². The van der Waals surface area contributed by atoms with E-state index >= 15 is 0 Å². The van der Waals surface area contributed by atoms with Crippen LogP contribution in [0.1, 0.15) is 27.7 Å². The van der Waals surface area contributed by atoms with Gasteiger partial charge in [0.25, 0.3) is 0 Å². The van der Waals surface area contributed by atoms with Crippen molar-refractivity contribution in [2.75, 3.05) is 52.7 Å². The molecule has 0 fully saturated rings. The number of hydrogen-bond acceptors (Lipinski definition) is 5. The first-order valence-electron chi connectivity index (χ1n) is 6.55. The Morgan fingerprint density at radius 1 is 0.529 bits per heavy atom. The van der Waals surface area contributed by atoms with Crippen molar-refractivity contribution in [2.45, 2.75) is 27.7 Å². The summed E-state index contributed by atoms with van der Waals surface area (Å²) in [5.74, 6) is 0. The van der Waals surface area contributed by atoms with E-state index < -0.39 is 0 Å². The van der Waals surface area contributed by atoms with Crippen LogP contribution in [0, 0.1) is 0 Å². The first kappa shape index (κ1) is 22.0. The summed E-state index contributed by atoms with van der Waals surface area (Å²) in [7, 11) is 0. The molecule has 17 heavy (non-hydrogen) atoms. The Labute approximate surface area is 107 Å². The van der Waals surface area contributed by atoms with Gasteiger partial charge < -0.3 is 25.7 Å². The lowest BCUT2D eigenvalue weighted by molar-refractivity contribution is 0.0175. The third-order valence-corrected chi connectivity index (χ3v) is 1.27. The van der Waals surface area contributed by atoms with Gasteiger partial charge in [-0.05, 0) is 0 Å². The second kappa shape index (κ2) is 29.7. The van der Waals surface area contributed by atoms with Gasteiger partial charge in [-0.2, -0.15) is 0 Å². The normalized spacial score (nSPS) is 8.82. The average molecular weight is 252 g/mol. The molecule has 0 atom stereocenters. The van der Waals surface area contributed by atoms with Gasteiger partial charge in [0.2, 0.25) is 0 Å². The Balaban J connectivity index is -0.000000439. The molecule has 5 nitrogen and oxygen atoms in total. The minimum atomic E-state index is 0.555. The molecule has 0 aliphatic heterocycles. The van der Waals surface area contributed by atoms with Crippen molar-refractivity contribution in [1.29, 1.82) is 0 Å². The summed E-state index contributed by atoms with van der Waals surface area (Å²) in [4.78, 5) is 0. The second-order valence-corrected chi connectivity index (χ2v) is 2.41. The second-order valence-electron chi connectivity index (χ2n) is 2.41. The lowest BCUT2D eigenvalue weighted by atomic mass is 10.7. The fourth-order valence-corrected chi connectivity index (χ4v) is 0.709. The largest absolute Gasteiger partial charge is 0.378 e. The topological polar surface area (TPSA) is 79.7 Å². The van der Waals surface area contributed by atoms with Crippen LogP contribution in [0.15, 0.2) is 0 Å². The average Bonchev–Trinajstić information content (AvgIpc) is 2.42. The van der Waals surface area contributed by atoms with Gasteiger partial charge in [0, 0.05) is 13.1 Å². The van der Waals surface area contributed by atoms with E-state index in [1.165, 1.54) is 0 Å². The number of hydrogen-bond donors (Lipinski definition) is 2. The van der Waals surface area contributed by atoms with Crippen LogP contribution in [0.25, 0.3) is 0 Å².